The molecule has 0 aliphatic heterocycles. The van der Waals surface area contributed by atoms with Gasteiger partial charge in [-0.2, -0.15) is 0 Å². The van der Waals surface area contributed by atoms with Crippen molar-refractivity contribution in [2.45, 2.75) is 6.92 Å². The number of pyridine rings is 1. The van der Waals surface area contributed by atoms with Gasteiger partial charge in [0.05, 0.1) is 10.5 Å². The average Bonchev–Trinajstić information content (AvgIpc) is 2.32. The average molecular weight is 221 g/mol. The van der Waals surface area contributed by atoms with Gasteiger partial charge >= 0.3 is 0 Å². The second-order valence-corrected chi connectivity index (χ2v) is 3.77. The van der Waals surface area contributed by atoms with Crippen molar-refractivity contribution in [1.82, 2.24) is 4.98 Å². The molecular weight excluding hydrogens is 212 g/mol. The Balaban J connectivity index is 3.05. The Bertz CT molecular complexity index is 596. The van der Waals surface area contributed by atoms with Crippen molar-refractivity contribution in [3.8, 4) is 0 Å². The zero-order chi connectivity index (χ0) is 11.0. The number of aromatic nitrogens is 1. The SMILES string of the molecule is Cc1c(N)ccc2ncc(Cl)cc2c1=O. The Morgan fingerprint density at radius 1 is 1.40 bits per heavy atom. The number of rotatable bonds is 0. The van der Waals surface area contributed by atoms with Crippen LogP contribution in [0.1, 0.15) is 5.56 Å². The number of nitrogen functional groups attached to an aromatic ring is 1. The normalized spacial score (nSPS) is 10.5. The molecule has 2 N–H and O–H groups in total. The van der Waals surface area contributed by atoms with E-state index in [2.05, 4.69) is 4.98 Å². The number of fused-ring (bicyclic) bond motifs is 1. The molecule has 1 aromatic heterocycles. The summed E-state index contributed by atoms with van der Waals surface area (Å²) in [5.41, 5.74) is 7.16. The Labute approximate surface area is 91.5 Å². The van der Waals surface area contributed by atoms with Gasteiger partial charge in [-0.1, -0.05) is 11.6 Å². The molecule has 2 aromatic rings. The molecule has 76 valence electrons. The first-order valence-corrected chi connectivity index (χ1v) is 4.82. The first-order valence-electron chi connectivity index (χ1n) is 4.44. The monoisotopic (exact) mass is 220 g/mol. The molecule has 0 fully saturated rings. The number of anilines is 1. The highest BCUT2D eigenvalue weighted by atomic mass is 35.5. The maximum atomic E-state index is 11.9. The van der Waals surface area contributed by atoms with Crippen molar-refractivity contribution >= 4 is 28.2 Å². The van der Waals surface area contributed by atoms with E-state index in [0.717, 1.165) is 0 Å². The maximum absolute atomic E-state index is 11.9. The van der Waals surface area contributed by atoms with Crippen LogP contribution >= 0.6 is 11.6 Å². The van der Waals surface area contributed by atoms with E-state index in [9.17, 15) is 4.79 Å². The third-order valence-electron chi connectivity index (χ3n) is 2.32. The first-order chi connectivity index (χ1) is 7.09. The molecule has 0 radical (unpaired) electrons. The zero-order valence-corrected chi connectivity index (χ0v) is 8.88. The summed E-state index contributed by atoms with van der Waals surface area (Å²) in [4.78, 5) is 16.0. The zero-order valence-electron chi connectivity index (χ0n) is 8.12. The Morgan fingerprint density at radius 2 is 2.13 bits per heavy atom. The molecule has 0 saturated carbocycles. The lowest BCUT2D eigenvalue weighted by molar-refractivity contribution is 1.41. The van der Waals surface area contributed by atoms with Crippen LogP contribution < -0.4 is 11.2 Å². The lowest BCUT2D eigenvalue weighted by Crippen LogP contribution is -2.04. The van der Waals surface area contributed by atoms with Crippen molar-refractivity contribution in [1.29, 1.82) is 0 Å². The van der Waals surface area contributed by atoms with E-state index in [1.54, 1.807) is 25.1 Å². The predicted molar refractivity (Wildman–Crippen MR) is 62.2 cm³/mol. The molecule has 0 saturated heterocycles. The van der Waals surface area contributed by atoms with Crippen LogP contribution in [0.15, 0.2) is 29.2 Å². The molecule has 0 atom stereocenters. The quantitative estimate of drug-likeness (QED) is 0.740. The fraction of sp³-hybridized carbons (Fsp3) is 0.0909. The van der Waals surface area contributed by atoms with Crippen LogP contribution in [0, 0.1) is 6.92 Å². The van der Waals surface area contributed by atoms with Crippen LogP contribution in [0.2, 0.25) is 5.02 Å². The van der Waals surface area contributed by atoms with Crippen LogP contribution in [0.25, 0.3) is 10.9 Å². The summed E-state index contributed by atoms with van der Waals surface area (Å²) < 4.78 is 0. The third-order valence-corrected chi connectivity index (χ3v) is 2.53. The van der Waals surface area contributed by atoms with Gasteiger partial charge < -0.3 is 5.73 Å². The summed E-state index contributed by atoms with van der Waals surface area (Å²) in [7, 11) is 0. The minimum atomic E-state index is -0.123. The lowest BCUT2D eigenvalue weighted by Gasteiger charge is -1.92. The fourth-order valence-corrected chi connectivity index (χ4v) is 1.55. The second-order valence-electron chi connectivity index (χ2n) is 3.33. The molecule has 0 amide bonds. The molecule has 2 rings (SSSR count). The molecule has 0 bridgehead atoms. The van der Waals surface area contributed by atoms with Crippen molar-refractivity contribution in [2.75, 3.05) is 5.73 Å². The highest BCUT2D eigenvalue weighted by Gasteiger charge is 2.03. The molecule has 3 nitrogen and oxygen atoms in total. The Morgan fingerprint density at radius 3 is 2.87 bits per heavy atom. The van der Waals surface area contributed by atoms with Crippen LogP contribution in [0.4, 0.5) is 5.69 Å². The van der Waals surface area contributed by atoms with Crippen LogP contribution in [0.5, 0.6) is 0 Å². The highest BCUT2D eigenvalue weighted by molar-refractivity contribution is 6.31. The number of hydrogen-bond donors (Lipinski definition) is 1. The van der Waals surface area contributed by atoms with E-state index >= 15 is 0 Å². The summed E-state index contributed by atoms with van der Waals surface area (Å²) >= 11 is 5.79. The molecule has 0 spiro atoms. The summed E-state index contributed by atoms with van der Waals surface area (Å²) in [6.07, 6.45) is 1.51. The van der Waals surface area contributed by atoms with Crippen molar-refractivity contribution in [3.63, 3.8) is 0 Å². The Hall–Kier alpha value is -1.61. The topological polar surface area (TPSA) is 56.0 Å². The van der Waals surface area contributed by atoms with Gasteiger partial charge in [-0.3, -0.25) is 9.78 Å². The van der Waals surface area contributed by atoms with E-state index in [0.29, 0.717) is 27.2 Å². The summed E-state index contributed by atoms with van der Waals surface area (Å²) in [6.45, 7) is 1.69. The number of hydrogen-bond acceptors (Lipinski definition) is 3. The molecule has 4 heteroatoms. The number of nitrogens with two attached hydrogens (primary N) is 1. The van der Waals surface area contributed by atoms with Gasteiger partial charge in [0.25, 0.3) is 0 Å². The smallest absolute Gasteiger partial charge is 0.193 e. The molecule has 0 unspecified atom stereocenters. The van der Waals surface area contributed by atoms with Crippen molar-refractivity contribution in [2.24, 2.45) is 0 Å². The van der Waals surface area contributed by atoms with Crippen LogP contribution in [-0.4, -0.2) is 4.98 Å². The van der Waals surface area contributed by atoms with Gasteiger partial charge in [0.1, 0.15) is 0 Å². The molecule has 15 heavy (non-hydrogen) atoms. The van der Waals surface area contributed by atoms with E-state index in [4.69, 9.17) is 17.3 Å². The summed E-state index contributed by atoms with van der Waals surface area (Å²) in [5.74, 6) is 0. The third kappa shape index (κ3) is 1.66. The number of nitrogens with zero attached hydrogens (tertiary/aromatic N) is 1. The van der Waals surface area contributed by atoms with E-state index in [-0.39, 0.29) is 5.43 Å². The molecule has 0 aliphatic rings. The molecular formula is C11H9ClN2O. The highest BCUT2D eigenvalue weighted by Crippen LogP contribution is 2.15. The van der Waals surface area contributed by atoms with Crippen LogP contribution in [-0.2, 0) is 0 Å². The standard InChI is InChI=1S/C11H9ClN2O/c1-6-9(13)2-3-10-8(11(6)15)4-7(12)5-14-10/h2-5H,13H2,1H3. The van der Waals surface area contributed by atoms with Crippen molar-refractivity contribution < 1.29 is 0 Å². The van der Waals surface area contributed by atoms with Gasteiger partial charge in [0.2, 0.25) is 0 Å². The molecule has 1 aromatic carbocycles. The van der Waals surface area contributed by atoms with E-state index in [1.807, 2.05) is 0 Å². The van der Waals surface area contributed by atoms with E-state index in [1.165, 1.54) is 6.20 Å². The van der Waals surface area contributed by atoms with Gasteiger partial charge in [-0.15, -0.1) is 0 Å². The predicted octanol–water partition coefficient (Wildman–Crippen LogP) is 2.14. The van der Waals surface area contributed by atoms with Crippen LogP contribution in [0.3, 0.4) is 0 Å². The van der Waals surface area contributed by atoms with Gasteiger partial charge in [0, 0.05) is 22.8 Å². The Kier molecular flexibility index (Phi) is 2.32. The van der Waals surface area contributed by atoms with Gasteiger partial charge in [0.15, 0.2) is 5.43 Å². The van der Waals surface area contributed by atoms with Gasteiger partial charge in [-0.25, -0.2) is 0 Å². The summed E-state index contributed by atoms with van der Waals surface area (Å²) in [5, 5.41) is 0.945. The lowest BCUT2D eigenvalue weighted by atomic mass is 10.2. The second kappa shape index (κ2) is 3.51. The minimum absolute atomic E-state index is 0.123. The fourth-order valence-electron chi connectivity index (χ4n) is 1.39. The summed E-state index contributed by atoms with van der Waals surface area (Å²) in [6, 6.07) is 5.01. The molecule has 0 aliphatic carbocycles. The minimum Gasteiger partial charge on any atom is -0.398 e. The van der Waals surface area contributed by atoms with Crippen molar-refractivity contribution in [3.05, 3.63) is 45.2 Å². The molecule has 1 heterocycles. The largest absolute Gasteiger partial charge is 0.398 e. The van der Waals surface area contributed by atoms with E-state index < -0.39 is 0 Å². The first kappa shape index (κ1) is 9.93. The maximum Gasteiger partial charge on any atom is 0.193 e. The van der Waals surface area contributed by atoms with Gasteiger partial charge in [-0.05, 0) is 25.1 Å². The number of halogens is 1.